The van der Waals surface area contributed by atoms with Crippen LogP contribution < -0.4 is 20.9 Å². The van der Waals surface area contributed by atoms with E-state index in [1.165, 1.54) is 7.05 Å². The molecular formula is C15H20N4O3. The minimum absolute atomic E-state index is 0.0879. The maximum absolute atomic E-state index is 12.1. The third-order valence-corrected chi connectivity index (χ3v) is 3.61. The molecule has 118 valence electrons. The fraction of sp³-hybridized carbons (Fsp3) is 0.400. The second-order valence-corrected chi connectivity index (χ2v) is 5.06. The van der Waals surface area contributed by atoms with E-state index in [0.717, 1.165) is 11.3 Å². The van der Waals surface area contributed by atoms with Gasteiger partial charge in [0.1, 0.15) is 0 Å². The first kappa shape index (κ1) is 15.8. The Labute approximate surface area is 129 Å². The summed E-state index contributed by atoms with van der Waals surface area (Å²) < 4.78 is 0. The first-order valence-electron chi connectivity index (χ1n) is 7.16. The summed E-state index contributed by atoms with van der Waals surface area (Å²) in [5, 5.41) is 7.77. The first-order valence-corrected chi connectivity index (χ1v) is 7.16. The minimum Gasteiger partial charge on any atom is -0.350 e. The number of urea groups is 1. The molecule has 7 heteroatoms. The molecular weight excluding hydrogens is 284 g/mol. The molecule has 3 N–H and O–H groups in total. The van der Waals surface area contributed by atoms with Gasteiger partial charge in [0, 0.05) is 44.9 Å². The number of nitrogens with one attached hydrogen (secondary N) is 3. The Morgan fingerprint density at radius 3 is 2.64 bits per heavy atom. The van der Waals surface area contributed by atoms with E-state index < -0.39 is 0 Å². The van der Waals surface area contributed by atoms with E-state index in [0.29, 0.717) is 31.5 Å². The largest absolute Gasteiger partial charge is 0.350 e. The summed E-state index contributed by atoms with van der Waals surface area (Å²) in [5.41, 5.74) is 2.41. The zero-order chi connectivity index (χ0) is 16.1. The van der Waals surface area contributed by atoms with Crippen molar-refractivity contribution in [2.45, 2.75) is 12.8 Å². The standard InChI is InChI=1S/C15H20N4O3/c1-16-15(22)18-8-7-17-14(21)11-3-5-12-10(9-11)4-6-13(20)19(12)2/h3,5,9H,4,6-8H2,1-2H3,(H,17,21)(H2,16,18,22). The Hall–Kier alpha value is -2.57. The molecule has 0 fully saturated rings. The normalized spacial score (nSPS) is 13.4. The Morgan fingerprint density at radius 1 is 1.18 bits per heavy atom. The molecule has 0 atom stereocenters. The number of nitrogens with zero attached hydrogens (tertiary/aromatic N) is 1. The molecule has 0 radical (unpaired) electrons. The van der Waals surface area contributed by atoms with Crippen molar-refractivity contribution in [3.63, 3.8) is 0 Å². The Bertz CT molecular complexity index is 600. The molecule has 0 saturated heterocycles. The predicted molar refractivity (Wildman–Crippen MR) is 83.0 cm³/mol. The lowest BCUT2D eigenvalue weighted by Crippen LogP contribution is -2.38. The van der Waals surface area contributed by atoms with Crippen molar-refractivity contribution < 1.29 is 14.4 Å². The molecule has 2 rings (SSSR count). The molecule has 0 spiro atoms. The van der Waals surface area contributed by atoms with Gasteiger partial charge in [-0.05, 0) is 30.2 Å². The summed E-state index contributed by atoms with van der Waals surface area (Å²) in [7, 11) is 3.27. The van der Waals surface area contributed by atoms with Gasteiger partial charge in [-0.25, -0.2) is 4.79 Å². The molecule has 0 aliphatic carbocycles. The highest BCUT2D eigenvalue weighted by molar-refractivity contribution is 5.98. The highest BCUT2D eigenvalue weighted by Gasteiger charge is 2.21. The van der Waals surface area contributed by atoms with E-state index in [4.69, 9.17) is 0 Å². The van der Waals surface area contributed by atoms with Gasteiger partial charge in [0.2, 0.25) is 5.91 Å². The third kappa shape index (κ3) is 3.55. The van der Waals surface area contributed by atoms with Crippen LogP contribution in [0.1, 0.15) is 22.3 Å². The number of amides is 4. The maximum atomic E-state index is 12.1. The van der Waals surface area contributed by atoms with Crippen molar-refractivity contribution in [2.75, 3.05) is 32.1 Å². The van der Waals surface area contributed by atoms with Gasteiger partial charge in [-0.1, -0.05) is 0 Å². The molecule has 4 amide bonds. The second-order valence-electron chi connectivity index (χ2n) is 5.06. The highest BCUT2D eigenvalue weighted by atomic mass is 16.2. The van der Waals surface area contributed by atoms with Gasteiger partial charge in [-0.15, -0.1) is 0 Å². The third-order valence-electron chi connectivity index (χ3n) is 3.61. The number of aryl methyl sites for hydroxylation is 1. The lowest BCUT2D eigenvalue weighted by molar-refractivity contribution is -0.118. The van der Waals surface area contributed by atoms with E-state index in [1.807, 2.05) is 6.07 Å². The average Bonchev–Trinajstić information content (AvgIpc) is 2.54. The van der Waals surface area contributed by atoms with Crippen LogP contribution in [0.25, 0.3) is 0 Å². The quantitative estimate of drug-likeness (QED) is 0.697. The highest BCUT2D eigenvalue weighted by Crippen LogP contribution is 2.27. The Balaban J connectivity index is 1.94. The van der Waals surface area contributed by atoms with E-state index in [2.05, 4.69) is 16.0 Å². The summed E-state index contributed by atoms with van der Waals surface area (Å²) in [6, 6.07) is 5.04. The van der Waals surface area contributed by atoms with Crippen LogP contribution in [0.4, 0.5) is 10.5 Å². The number of carbonyl (C=O) groups excluding carboxylic acids is 3. The van der Waals surface area contributed by atoms with Crippen molar-refractivity contribution in [1.29, 1.82) is 0 Å². The zero-order valence-electron chi connectivity index (χ0n) is 12.7. The van der Waals surface area contributed by atoms with Gasteiger partial charge < -0.3 is 20.9 Å². The van der Waals surface area contributed by atoms with Crippen LogP contribution >= 0.6 is 0 Å². The van der Waals surface area contributed by atoms with Crippen LogP contribution in [0.2, 0.25) is 0 Å². The van der Waals surface area contributed by atoms with Crippen molar-refractivity contribution in [2.24, 2.45) is 0 Å². The number of carbonyl (C=O) groups is 3. The molecule has 0 aromatic heterocycles. The fourth-order valence-corrected chi connectivity index (χ4v) is 2.34. The van der Waals surface area contributed by atoms with E-state index in [9.17, 15) is 14.4 Å². The first-order chi connectivity index (χ1) is 10.5. The number of fused-ring (bicyclic) bond motifs is 1. The molecule has 22 heavy (non-hydrogen) atoms. The van der Waals surface area contributed by atoms with Crippen LogP contribution in [0, 0.1) is 0 Å². The van der Waals surface area contributed by atoms with E-state index in [1.54, 1.807) is 24.1 Å². The topological polar surface area (TPSA) is 90.5 Å². The summed E-state index contributed by atoms with van der Waals surface area (Å²) >= 11 is 0. The molecule has 1 aliphatic heterocycles. The van der Waals surface area contributed by atoms with Crippen molar-refractivity contribution in [1.82, 2.24) is 16.0 Å². The lowest BCUT2D eigenvalue weighted by Gasteiger charge is -2.26. The summed E-state index contributed by atoms with van der Waals surface area (Å²) in [4.78, 5) is 36.3. The monoisotopic (exact) mass is 304 g/mol. The Kier molecular flexibility index (Phi) is 4.98. The van der Waals surface area contributed by atoms with Crippen LogP contribution in [0.5, 0.6) is 0 Å². The van der Waals surface area contributed by atoms with Gasteiger partial charge in [-0.3, -0.25) is 9.59 Å². The second kappa shape index (κ2) is 6.93. The fourth-order valence-electron chi connectivity index (χ4n) is 2.34. The van der Waals surface area contributed by atoms with E-state index in [-0.39, 0.29) is 17.8 Å². The molecule has 7 nitrogen and oxygen atoms in total. The number of anilines is 1. The lowest BCUT2D eigenvalue weighted by atomic mass is 9.99. The van der Waals surface area contributed by atoms with E-state index >= 15 is 0 Å². The molecule has 0 bridgehead atoms. The van der Waals surface area contributed by atoms with Gasteiger partial charge >= 0.3 is 6.03 Å². The molecule has 0 saturated carbocycles. The van der Waals surface area contributed by atoms with Crippen LogP contribution in [-0.2, 0) is 11.2 Å². The summed E-state index contributed by atoms with van der Waals surface area (Å²) in [6.07, 6.45) is 1.11. The SMILES string of the molecule is CNC(=O)NCCNC(=O)c1ccc2c(c1)CCC(=O)N2C. The number of hydrogen-bond donors (Lipinski definition) is 3. The molecule has 1 aromatic carbocycles. The van der Waals surface area contributed by atoms with Gasteiger partial charge in [0.15, 0.2) is 0 Å². The van der Waals surface area contributed by atoms with Crippen LogP contribution in [-0.4, -0.2) is 45.0 Å². The summed E-state index contributed by atoms with van der Waals surface area (Å²) in [5.74, 6) is -0.106. The van der Waals surface area contributed by atoms with Crippen molar-refractivity contribution in [3.05, 3.63) is 29.3 Å². The molecule has 1 heterocycles. The van der Waals surface area contributed by atoms with Gasteiger partial charge in [-0.2, -0.15) is 0 Å². The van der Waals surface area contributed by atoms with Crippen LogP contribution in [0.15, 0.2) is 18.2 Å². The average molecular weight is 304 g/mol. The smallest absolute Gasteiger partial charge is 0.314 e. The number of hydrogen-bond acceptors (Lipinski definition) is 3. The number of rotatable bonds is 4. The van der Waals surface area contributed by atoms with Gasteiger partial charge in [0.05, 0.1) is 0 Å². The van der Waals surface area contributed by atoms with Crippen LogP contribution in [0.3, 0.4) is 0 Å². The summed E-state index contributed by atoms with van der Waals surface area (Å²) in [6.45, 7) is 0.704. The van der Waals surface area contributed by atoms with Crippen molar-refractivity contribution >= 4 is 23.5 Å². The van der Waals surface area contributed by atoms with Crippen molar-refractivity contribution in [3.8, 4) is 0 Å². The molecule has 0 unspecified atom stereocenters. The molecule has 1 aromatic rings. The number of benzene rings is 1. The predicted octanol–water partition coefficient (Wildman–Crippen LogP) is 0.254. The minimum atomic E-state index is -0.282. The van der Waals surface area contributed by atoms with Gasteiger partial charge in [0.25, 0.3) is 5.91 Å². The molecule has 1 aliphatic rings. The Morgan fingerprint density at radius 2 is 1.91 bits per heavy atom. The maximum Gasteiger partial charge on any atom is 0.314 e. The zero-order valence-corrected chi connectivity index (χ0v) is 12.7.